The van der Waals surface area contributed by atoms with Crippen LogP contribution in [0.2, 0.25) is 0 Å². The summed E-state index contributed by atoms with van der Waals surface area (Å²) in [6.45, 7) is 6.82. The maximum Gasteiger partial charge on any atom is 0.251 e. The van der Waals surface area contributed by atoms with Crippen molar-refractivity contribution < 1.29 is 9.59 Å². The number of aryl methyl sites for hydroxylation is 2. The second-order valence-corrected chi connectivity index (χ2v) is 6.75. The number of benzene rings is 2. The molecule has 0 aromatic heterocycles. The topological polar surface area (TPSA) is 49.4 Å². The van der Waals surface area contributed by atoms with Crippen LogP contribution in [0.25, 0.3) is 0 Å². The molecule has 3 rings (SSSR count). The van der Waals surface area contributed by atoms with Gasteiger partial charge < -0.3 is 10.2 Å². The summed E-state index contributed by atoms with van der Waals surface area (Å²) in [4.78, 5) is 26.3. The molecule has 1 aliphatic rings. The van der Waals surface area contributed by atoms with E-state index in [1.807, 2.05) is 26.0 Å². The highest BCUT2D eigenvalue weighted by Gasteiger charge is 2.22. The third-order valence-electron chi connectivity index (χ3n) is 4.74. The molecule has 0 radical (unpaired) electrons. The molecular formula is C21H24N2O2. The zero-order chi connectivity index (χ0) is 18.0. The van der Waals surface area contributed by atoms with Crippen molar-refractivity contribution in [2.75, 3.05) is 11.4 Å². The first-order valence-corrected chi connectivity index (χ1v) is 8.74. The molecule has 25 heavy (non-hydrogen) atoms. The summed E-state index contributed by atoms with van der Waals surface area (Å²) in [5.41, 5.74) is 4.84. The molecule has 1 saturated heterocycles. The van der Waals surface area contributed by atoms with E-state index in [4.69, 9.17) is 0 Å². The van der Waals surface area contributed by atoms with E-state index in [2.05, 4.69) is 30.4 Å². The van der Waals surface area contributed by atoms with Crippen LogP contribution in [-0.2, 0) is 4.79 Å². The Morgan fingerprint density at radius 2 is 1.96 bits per heavy atom. The number of hydrogen-bond acceptors (Lipinski definition) is 2. The molecule has 1 fully saturated rings. The van der Waals surface area contributed by atoms with E-state index in [-0.39, 0.29) is 17.9 Å². The Bertz CT molecular complexity index is 813. The van der Waals surface area contributed by atoms with E-state index >= 15 is 0 Å². The van der Waals surface area contributed by atoms with Crippen molar-refractivity contribution >= 4 is 17.5 Å². The summed E-state index contributed by atoms with van der Waals surface area (Å²) in [7, 11) is 0. The number of anilines is 1. The van der Waals surface area contributed by atoms with E-state index in [1.165, 1.54) is 5.56 Å². The Labute approximate surface area is 148 Å². The second kappa shape index (κ2) is 7.09. The average Bonchev–Trinajstić information content (AvgIpc) is 3.03. The summed E-state index contributed by atoms with van der Waals surface area (Å²) in [5.74, 6) is 0.00298. The summed E-state index contributed by atoms with van der Waals surface area (Å²) < 4.78 is 0. The van der Waals surface area contributed by atoms with Crippen LogP contribution in [0.1, 0.15) is 52.9 Å². The van der Waals surface area contributed by atoms with Crippen molar-refractivity contribution in [1.29, 1.82) is 0 Å². The first-order chi connectivity index (χ1) is 12.0. The molecule has 1 atom stereocenters. The highest BCUT2D eigenvalue weighted by atomic mass is 16.2. The minimum Gasteiger partial charge on any atom is -0.346 e. The second-order valence-electron chi connectivity index (χ2n) is 6.75. The number of hydrogen-bond donors (Lipinski definition) is 1. The third-order valence-corrected chi connectivity index (χ3v) is 4.74. The third kappa shape index (κ3) is 3.73. The predicted octanol–water partition coefficient (Wildman–Crippen LogP) is 3.92. The lowest BCUT2D eigenvalue weighted by molar-refractivity contribution is -0.117. The molecule has 2 aromatic rings. The maximum absolute atomic E-state index is 12.7. The lowest BCUT2D eigenvalue weighted by Gasteiger charge is -2.19. The van der Waals surface area contributed by atoms with Gasteiger partial charge >= 0.3 is 0 Å². The largest absolute Gasteiger partial charge is 0.346 e. The number of nitrogens with one attached hydrogen (secondary N) is 1. The molecule has 4 nitrogen and oxygen atoms in total. The van der Waals surface area contributed by atoms with Gasteiger partial charge in [0.05, 0.1) is 6.04 Å². The minimum atomic E-state index is -0.123. The van der Waals surface area contributed by atoms with Crippen LogP contribution in [0.5, 0.6) is 0 Å². The first kappa shape index (κ1) is 17.2. The van der Waals surface area contributed by atoms with E-state index in [9.17, 15) is 9.59 Å². The van der Waals surface area contributed by atoms with Gasteiger partial charge in [-0.2, -0.15) is 0 Å². The van der Waals surface area contributed by atoms with Crippen LogP contribution in [0.15, 0.2) is 42.5 Å². The summed E-state index contributed by atoms with van der Waals surface area (Å²) >= 11 is 0. The Morgan fingerprint density at radius 1 is 1.16 bits per heavy atom. The van der Waals surface area contributed by atoms with Gasteiger partial charge in [0.2, 0.25) is 5.91 Å². The fourth-order valence-electron chi connectivity index (χ4n) is 3.32. The van der Waals surface area contributed by atoms with Crippen molar-refractivity contribution in [3.05, 3.63) is 64.7 Å². The van der Waals surface area contributed by atoms with Gasteiger partial charge in [0, 0.05) is 24.2 Å². The minimum absolute atomic E-state index is 0.0792. The Kier molecular flexibility index (Phi) is 4.88. The fourth-order valence-corrected chi connectivity index (χ4v) is 3.32. The fraction of sp³-hybridized carbons (Fsp3) is 0.333. The van der Waals surface area contributed by atoms with Crippen molar-refractivity contribution in [1.82, 2.24) is 5.32 Å². The standard InChI is InChI=1S/C21H24N2O2/c1-14-9-10-15(2)19(12-14)16(3)22-21(25)17-6-4-7-18(13-17)23-11-5-8-20(23)24/h4,6-7,9-10,12-13,16H,5,8,11H2,1-3H3,(H,22,25)/t16-/m1/s1. The van der Waals surface area contributed by atoms with Crippen molar-refractivity contribution in [2.45, 2.75) is 39.7 Å². The van der Waals surface area contributed by atoms with Crippen molar-refractivity contribution in [3.63, 3.8) is 0 Å². The molecule has 1 aliphatic heterocycles. The van der Waals surface area contributed by atoms with E-state index < -0.39 is 0 Å². The number of carbonyl (C=O) groups excluding carboxylic acids is 2. The molecule has 1 heterocycles. The van der Waals surface area contributed by atoms with Gasteiger partial charge in [-0.25, -0.2) is 0 Å². The van der Waals surface area contributed by atoms with Crippen molar-refractivity contribution in [2.24, 2.45) is 0 Å². The number of carbonyl (C=O) groups is 2. The highest BCUT2D eigenvalue weighted by Crippen LogP contribution is 2.23. The van der Waals surface area contributed by atoms with Gasteiger partial charge in [-0.15, -0.1) is 0 Å². The number of nitrogens with zero attached hydrogens (tertiary/aromatic N) is 1. The van der Waals surface area contributed by atoms with Crippen LogP contribution >= 0.6 is 0 Å². The monoisotopic (exact) mass is 336 g/mol. The molecule has 0 saturated carbocycles. The average molecular weight is 336 g/mol. The molecule has 130 valence electrons. The first-order valence-electron chi connectivity index (χ1n) is 8.74. The molecular weight excluding hydrogens is 312 g/mol. The molecule has 4 heteroatoms. The number of rotatable bonds is 4. The Morgan fingerprint density at radius 3 is 2.68 bits per heavy atom. The predicted molar refractivity (Wildman–Crippen MR) is 99.8 cm³/mol. The van der Waals surface area contributed by atoms with E-state index in [1.54, 1.807) is 17.0 Å². The van der Waals surface area contributed by atoms with Gasteiger partial charge in [-0.1, -0.05) is 29.8 Å². The summed E-state index contributed by atoms with van der Waals surface area (Å²) in [6, 6.07) is 13.5. The highest BCUT2D eigenvalue weighted by molar-refractivity contribution is 5.99. The van der Waals surface area contributed by atoms with Gasteiger partial charge in [-0.05, 0) is 56.5 Å². The SMILES string of the molecule is Cc1ccc(C)c([C@@H](C)NC(=O)c2cccc(N3CCCC3=O)c2)c1. The van der Waals surface area contributed by atoms with Crippen LogP contribution in [0.4, 0.5) is 5.69 Å². The van der Waals surface area contributed by atoms with E-state index in [0.29, 0.717) is 12.0 Å². The molecule has 1 N–H and O–H groups in total. The molecule has 0 aliphatic carbocycles. The number of amides is 2. The van der Waals surface area contributed by atoms with Crippen LogP contribution in [0.3, 0.4) is 0 Å². The van der Waals surface area contributed by atoms with Gasteiger partial charge in [0.15, 0.2) is 0 Å². The van der Waals surface area contributed by atoms with E-state index in [0.717, 1.165) is 29.8 Å². The summed E-state index contributed by atoms with van der Waals surface area (Å²) in [6.07, 6.45) is 1.46. The van der Waals surface area contributed by atoms with Crippen LogP contribution in [-0.4, -0.2) is 18.4 Å². The lowest BCUT2D eigenvalue weighted by atomic mass is 9.99. The normalized spacial score (nSPS) is 15.3. The molecule has 2 amide bonds. The lowest BCUT2D eigenvalue weighted by Crippen LogP contribution is -2.28. The van der Waals surface area contributed by atoms with Crippen LogP contribution < -0.4 is 10.2 Å². The zero-order valence-corrected chi connectivity index (χ0v) is 15.0. The molecule has 0 spiro atoms. The van der Waals surface area contributed by atoms with Gasteiger partial charge in [-0.3, -0.25) is 9.59 Å². The van der Waals surface area contributed by atoms with Crippen LogP contribution in [0, 0.1) is 13.8 Å². The quantitative estimate of drug-likeness (QED) is 0.920. The molecule has 0 bridgehead atoms. The zero-order valence-electron chi connectivity index (χ0n) is 15.0. The Balaban J connectivity index is 1.77. The van der Waals surface area contributed by atoms with Crippen molar-refractivity contribution in [3.8, 4) is 0 Å². The maximum atomic E-state index is 12.7. The Hall–Kier alpha value is -2.62. The molecule has 0 unspecified atom stereocenters. The summed E-state index contributed by atoms with van der Waals surface area (Å²) in [5, 5.41) is 3.07. The van der Waals surface area contributed by atoms with Gasteiger partial charge in [0.25, 0.3) is 5.91 Å². The van der Waals surface area contributed by atoms with Gasteiger partial charge in [0.1, 0.15) is 0 Å². The smallest absolute Gasteiger partial charge is 0.251 e. The molecule has 2 aromatic carbocycles.